The van der Waals surface area contributed by atoms with Crippen LogP contribution in [0.4, 0.5) is 0 Å². The van der Waals surface area contributed by atoms with Gasteiger partial charge in [0.2, 0.25) is 12.0 Å². The summed E-state index contributed by atoms with van der Waals surface area (Å²) < 4.78 is 13.0. The molecule has 0 saturated carbocycles. The number of carbonyl (C=O) groups is 1. The van der Waals surface area contributed by atoms with Crippen LogP contribution in [0.5, 0.6) is 11.5 Å². The van der Waals surface area contributed by atoms with Crippen molar-refractivity contribution < 1.29 is 14.3 Å². The van der Waals surface area contributed by atoms with E-state index in [1.54, 1.807) is 6.08 Å². The fraction of sp³-hybridized carbons (Fsp3) is 0.130. The molecule has 158 valence electrons. The molecule has 0 fully saturated rings. The summed E-state index contributed by atoms with van der Waals surface area (Å²) in [4.78, 5) is 16.8. The van der Waals surface area contributed by atoms with Crippen molar-refractivity contribution >= 4 is 50.7 Å². The van der Waals surface area contributed by atoms with Crippen LogP contribution in [0.15, 0.2) is 64.3 Å². The van der Waals surface area contributed by atoms with Gasteiger partial charge in [0, 0.05) is 29.2 Å². The minimum Gasteiger partial charge on any atom is -0.454 e. The molecule has 2 aromatic carbocycles. The van der Waals surface area contributed by atoms with Crippen molar-refractivity contribution in [2.24, 2.45) is 10.1 Å². The van der Waals surface area contributed by atoms with Crippen LogP contribution in [0.3, 0.4) is 0 Å². The molecule has 0 unspecified atom stereocenters. The van der Waals surface area contributed by atoms with Gasteiger partial charge in [0.05, 0.1) is 10.6 Å². The van der Waals surface area contributed by atoms with Crippen LogP contribution in [0.25, 0.3) is 17.0 Å². The Morgan fingerprint density at radius 3 is 2.94 bits per heavy atom. The third-order valence-electron chi connectivity index (χ3n) is 5.46. The van der Waals surface area contributed by atoms with Crippen molar-refractivity contribution in [3.8, 4) is 11.5 Å². The molecule has 0 radical (unpaired) electrons. The van der Waals surface area contributed by atoms with E-state index in [1.165, 1.54) is 16.8 Å². The Morgan fingerprint density at radius 1 is 1.19 bits per heavy atom. The maximum Gasteiger partial charge on any atom is 0.283 e. The third-order valence-corrected chi connectivity index (χ3v) is 6.29. The van der Waals surface area contributed by atoms with Crippen LogP contribution >= 0.6 is 11.8 Å². The van der Waals surface area contributed by atoms with Gasteiger partial charge in [-0.05, 0) is 48.5 Å². The molecule has 0 bridgehead atoms. The van der Waals surface area contributed by atoms with E-state index in [0.29, 0.717) is 11.7 Å². The largest absolute Gasteiger partial charge is 0.454 e. The maximum absolute atomic E-state index is 12.7. The second-order valence-electron chi connectivity index (χ2n) is 7.56. The van der Waals surface area contributed by atoms with E-state index < -0.39 is 5.91 Å². The standard InChI is InChI=1S/C23H17N5O3S/c1-13-26-28-21(24)17(22(29)25-23(28)32-13)9-15-11-27(18-5-3-2-4-16(15)18)10-14-6-7-19-20(8-14)31-12-30-19/h2-9,11,24H,10,12H2,1H3. The molecule has 0 saturated heterocycles. The smallest absolute Gasteiger partial charge is 0.283 e. The van der Waals surface area contributed by atoms with Crippen molar-refractivity contribution in [1.29, 1.82) is 5.41 Å². The SMILES string of the molecule is CC1=NN2C(=N)C(=Cc3cn(Cc4ccc5c(c4)OCO5)c4ccccc34)C(=O)N=C2S1. The first-order valence-electron chi connectivity index (χ1n) is 10.00. The second-order valence-corrected chi connectivity index (χ2v) is 8.72. The number of ether oxygens (including phenoxy) is 2. The summed E-state index contributed by atoms with van der Waals surface area (Å²) in [5.41, 5.74) is 3.17. The summed E-state index contributed by atoms with van der Waals surface area (Å²) in [7, 11) is 0. The summed E-state index contributed by atoms with van der Waals surface area (Å²) in [6.45, 7) is 2.70. The quantitative estimate of drug-likeness (QED) is 0.617. The lowest BCUT2D eigenvalue weighted by Gasteiger charge is -2.20. The minimum atomic E-state index is -0.425. The molecule has 3 aliphatic rings. The molecule has 1 aromatic heterocycles. The molecule has 3 aromatic rings. The summed E-state index contributed by atoms with van der Waals surface area (Å²) in [6, 6.07) is 13.9. The highest BCUT2D eigenvalue weighted by molar-refractivity contribution is 8.26. The lowest BCUT2D eigenvalue weighted by Crippen LogP contribution is -2.35. The van der Waals surface area contributed by atoms with E-state index >= 15 is 0 Å². The van der Waals surface area contributed by atoms with E-state index in [4.69, 9.17) is 14.9 Å². The van der Waals surface area contributed by atoms with Crippen LogP contribution in [-0.4, -0.2) is 38.3 Å². The number of carbonyl (C=O) groups excluding carboxylic acids is 1. The molecule has 0 atom stereocenters. The number of thioether (sulfide) groups is 1. The Hall–Kier alpha value is -3.85. The molecule has 9 heteroatoms. The highest BCUT2D eigenvalue weighted by atomic mass is 32.2. The van der Waals surface area contributed by atoms with Crippen molar-refractivity contribution in [2.75, 3.05) is 6.79 Å². The lowest BCUT2D eigenvalue weighted by atomic mass is 10.1. The number of nitrogens with one attached hydrogen (secondary N) is 1. The second kappa shape index (κ2) is 7.10. The van der Waals surface area contributed by atoms with Gasteiger partial charge in [0.1, 0.15) is 0 Å². The molecule has 1 amide bonds. The molecule has 4 heterocycles. The Labute approximate surface area is 187 Å². The van der Waals surface area contributed by atoms with Crippen LogP contribution in [0, 0.1) is 5.41 Å². The van der Waals surface area contributed by atoms with Gasteiger partial charge >= 0.3 is 0 Å². The Kier molecular flexibility index (Phi) is 4.19. The van der Waals surface area contributed by atoms with Crippen molar-refractivity contribution in [2.45, 2.75) is 13.5 Å². The van der Waals surface area contributed by atoms with E-state index in [0.717, 1.165) is 38.6 Å². The van der Waals surface area contributed by atoms with Gasteiger partial charge in [-0.25, -0.2) is 0 Å². The Bertz CT molecular complexity index is 1420. The minimum absolute atomic E-state index is 0.0388. The molecule has 1 N–H and O–H groups in total. The van der Waals surface area contributed by atoms with E-state index in [-0.39, 0.29) is 18.2 Å². The number of hydrazone groups is 1. The van der Waals surface area contributed by atoms with Crippen LogP contribution in [0.2, 0.25) is 0 Å². The molecule has 3 aliphatic heterocycles. The van der Waals surface area contributed by atoms with Crippen molar-refractivity contribution in [3.05, 3.63) is 65.4 Å². The van der Waals surface area contributed by atoms with Gasteiger partial charge < -0.3 is 14.0 Å². The number of nitrogens with zero attached hydrogens (tertiary/aromatic N) is 4. The van der Waals surface area contributed by atoms with E-state index in [2.05, 4.69) is 14.7 Å². The van der Waals surface area contributed by atoms with Crippen molar-refractivity contribution in [1.82, 2.24) is 9.58 Å². The summed E-state index contributed by atoms with van der Waals surface area (Å²) >= 11 is 1.30. The average Bonchev–Trinajstić information content (AvgIpc) is 3.48. The summed E-state index contributed by atoms with van der Waals surface area (Å²) in [6.07, 6.45) is 3.73. The number of amidine groups is 2. The van der Waals surface area contributed by atoms with E-state index in [1.807, 2.05) is 55.6 Å². The molecular formula is C23H17N5O3S. The zero-order valence-corrected chi connectivity index (χ0v) is 17.8. The topological polar surface area (TPSA) is 92.3 Å². The molecule has 32 heavy (non-hydrogen) atoms. The Morgan fingerprint density at radius 2 is 2.03 bits per heavy atom. The first-order valence-corrected chi connectivity index (χ1v) is 10.8. The Balaban J connectivity index is 1.40. The number of benzene rings is 2. The predicted molar refractivity (Wildman–Crippen MR) is 124 cm³/mol. The fourth-order valence-corrected chi connectivity index (χ4v) is 4.73. The van der Waals surface area contributed by atoms with Gasteiger partial charge in [-0.3, -0.25) is 10.2 Å². The number of aliphatic imine (C=N–C) groups is 1. The zero-order valence-electron chi connectivity index (χ0n) is 17.0. The highest BCUT2D eigenvalue weighted by Gasteiger charge is 2.34. The zero-order chi connectivity index (χ0) is 21.8. The van der Waals surface area contributed by atoms with Crippen LogP contribution in [-0.2, 0) is 11.3 Å². The molecule has 6 rings (SSSR count). The lowest BCUT2D eigenvalue weighted by molar-refractivity contribution is -0.114. The molecule has 8 nitrogen and oxygen atoms in total. The number of amides is 1. The summed E-state index contributed by atoms with van der Waals surface area (Å²) in [5.74, 6) is 1.11. The number of rotatable bonds is 3. The normalized spacial score (nSPS) is 18.4. The third kappa shape index (κ3) is 3.01. The predicted octanol–water partition coefficient (Wildman–Crippen LogP) is 4.06. The number of hydrogen-bond acceptors (Lipinski definition) is 6. The first-order chi connectivity index (χ1) is 15.6. The number of fused-ring (bicyclic) bond motifs is 3. The van der Waals surface area contributed by atoms with Gasteiger partial charge in [-0.1, -0.05) is 24.3 Å². The summed E-state index contributed by atoms with van der Waals surface area (Å²) in [5, 5.41) is 16.4. The van der Waals surface area contributed by atoms with Gasteiger partial charge in [0.25, 0.3) is 5.91 Å². The number of para-hydroxylation sites is 1. The number of hydrogen-bond donors (Lipinski definition) is 1. The van der Waals surface area contributed by atoms with E-state index in [9.17, 15) is 4.79 Å². The van der Waals surface area contributed by atoms with Crippen molar-refractivity contribution in [3.63, 3.8) is 0 Å². The fourth-order valence-electron chi connectivity index (χ4n) is 4.00. The average molecular weight is 443 g/mol. The van der Waals surface area contributed by atoms with Gasteiger partial charge in [0.15, 0.2) is 17.3 Å². The molecular weight excluding hydrogens is 426 g/mol. The molecule has 0 aliphatic carbocycles. The maximum atomic E-state index is 12.7. The van der Waals surface area contributed by atoms with Crippen LogP contribution in [0.1, 0.15) is 18.1 Å². The highest BCUT2D eigenvalue weighted by Crippen LogP contribution is 2.34. The van der Waals surface area contributed by atoms with Gasteiger partial charge in [-0.15, -0.1) is 0 Å². The number of aromatic nitrogens is 1. The van der Waals surface area contributed by atoms with Crippen LogP contribution < -0.4 is 9.47 Å². The monoisotopic (exact) mass is 443 g/mol. The first kappa shape index (κ1) is 18.9. The molecule has 0 spiro atoms. The van der Waals surface area contributed by atoms with Gasteiger partial charge in [-0.2, -0.15) is 15.1 Å².